The summed E-state index contributed by atoms with van der Waals surface area (Å²) in [6, 6.07) is 23.9. The quantitative estimate of drug-likeness (QED) is 0.474. The van der Waals surface area contributed by atoms with Crippen molar-refractivity contribution in [3.8, 4) is 5.75 Å². The number of hydrogen-bond acceptors (Lipinski definition) is 2. The van der Waals surface area contributed by atoms with Crippen LogP contribution in [-0.4, -0.2) is 5.91 Å². The Morgan fingerprint density at radius 2 is 1.60 bits per heavy atom. The van der Waals surface area contributed by atoms with Gasteiger partial charge in [0, 0.05) is 5.56 Å². The fourth-order valence-electron chi connectivity index (χ4n) is 3.69. The number of carbonyl (C=O) groups is 1. The summed E-state index contributed by atoms with van der Waals surface area (Å²) in [7, 11) is 0. The maximum Gasteiger partial charge on any atom is 0.251 e. The van der Waals surface area contributed by atoms with Crippen molar-refractivity contribution in [2.75, 3.05) is 0 Å². The normalized spacial score (nSPS) is 11.9. The summed E-state index contributed by atoms with van der Waals surface area (Å²) in [6.07, 6.45) is 0.894. The van der Waals surface area contributed by atoms with Gasteiger partial charge in [0.1, 0.15) is 12.4 Å². The predicted molar refractivity (Wildman–Crippen MR) is 123 cm³/mol. The zero-order valence-electron chi connectivity index (χ0n) is 18.3. The van der Waals surface area contributed by atoms with E-state index in [2.05, 4.69) is 51.2 Å². The predicted octanol–water partition coefficient (Wildman–Crippen LogP) is 6.40. The van der Waals surface area contributed by atoms with E-state index in [0.717, 1.165) is 23.3 Å². The largest absolute Gasteiger partial charge is 0.489 e. The number of amides is 1. The molecule has 0 aliphatic rings. The van der Waals surface area contributed by atoms with Crippen LogP contribution in [0, 0.1) is 19.8 Å². The molecule has 0 aromatic heterocycles. The Labute approximate surface area is 180 Å². The van der Waals surface area contributed by atoms with Crippen LogP contribution in [0.2, 0.25) is 0 Å². The Morgan fingerprint density at radius 3 is 2.27 bits per heavy atom. The first-order valence-corrected chi connectivity index (χ1v) is 10.6. The van der Waals surface area contributed by atoms with Crippen LogP contribution >= 0.6 is 0 Å². The van der Waals surface area contributed by atoms with E-state index in [4.69, 9.17) is 4.74 Å². The maximum absolute atomic E-state index is 13.1. The second-order valence-electron chi connectivity index (χ2n) is 8.38. The van der Waals surface area contributed by atoms with Gasteiger partial charge in [0.2, 0.25) is 0 Å². The van der Waals surface area contributed by atoms with Gasteiger partial charge in [-0.2, -0.15) is 0 Å². The third-order valence-electron chi connectivity index (χ3n) is 5.00. The van der Waals surface area contributed by atoms with Gasteiger partial charge in [-0.25, -0.2) is 0 Å². The van der Waals surface area contributed by atoms with Crippen molar-refractivity contribution < 1.29 is 9.53 Å². The van der Waals surface area contributed by atoms with Gasteiger partial charge in [-0.15, -0.1) is 0 Å². The molecule has 0 spiro atoms. The van der Waals surface area contributed by atoms with E-state index in [-0.39, 0.29) is 11.9 Å². The molecule has 0 bridgehead atoms. The van der Waals surface area contributed by atoms with Crippen molar-refractivity contribution in [3.63, 3.8) is 0 Å². The summed E-state index contributed by atoms with van der Waals surface area (Å²) in [5.41, 5.74) is 5.22. The number of ether oxygens (including phenoxy) is 1. The number of aryl methyl sites for hydroxylation is 2. The molecule has 3 nitrogen and oxygen atoms in total. The minimum atomic E-state index is -0.0543. The first-order chi connectivity index (χ1) is 14.4. The van der Waals surface area contributed by atoms with Gasteiger partial charge in [0.15, 0.2) is 0 Å². The summed E-state index contributed by atoms with van der Waals surface area (Å²) in [6.45, 7) is 8.99. The van der Waals surface area contributed by atoms with Crippen LogP contribution in [0.4, 0.5) is 0 Å². The third kappa shape index (κ3) is 6.21. The summed E-state index contributed by atoms with van der Waals surface area (Å²) in [4.78, 5) is 13.1. The average molecular weight is 402 g/mol. The third-order valence-corrected chi connectivity index (χ3v) is 5.00. The highest BCUT2D eigenvalue weighted by molar-refractivity contribution is 5.94. The number of carbonyl (C=O) groups excluding carboxylic acids is 1. The highest BCUT2D eigenvalue weighted by Crippen LogP contribution is 2.24. The van der Waals surface area contributed by atoms with Crippen LogP contribution in [0.25, 0.3) is 0 Å². The molecule has 0 radical (unpaired) electrons. The molecule has 0 aliphatic carbocycles. The number of hydrogen-bond donors (Lipinski definition) is 1. The lowest BCUT2D eigenvalue weighted by molar-refractivity contribution is 0.0931. The van der Waals surface area contributed by atoms with E-state index in [1.165, 1.54) is 11.1 Å². The molecule has 0 saturated carbocycles. The fraction of sp³-hybridized carbons (Fsp3) is 0.296. The monoisotopic (exact) mass is 401 g/mol. The van der Waals surface area contributed by atoms with Gasteiger partial charge < -0.3 is 10.1 Å². The maximum atomic E-state index is 13.1. The highest BCUT2D eigenvalue weighted by atomic mass is 16.5. The summed E-state index contributed by atoms with van der Waals surface area (Å²) in [5, 5.41) is 3.26. The number of rotatable bonds is 8. The molecule has 30 heavy (non-hydrogen) atoms. The molecule has 3 heteroatoms. The van der Waals surface area contributed by atoms with Crippen molar-refractivity contribution in [3.05, 3.63) is 101 Å². The Balaban J connectivity index is 1.73. The van der Waals surface area contributed by atoms with Crippen molar-refractivity contribution >= 4 is 5.91 Å². The Bertz CT molecular complexity index is 959. The van der Waals surface area contributed by atoms with E-state index in [1.807, 2.05) is 54.6 Å². The molecule has 3 rings (SSSR count). The van der Waals surface area contributed by atoms with Crippen molar-refractivity contribution in [1.82, 2.24) is 5.32 Å². The van der Waals surface area contributed by atoms with E-state index in [0.29, 0.717) is 18.1 Å². The number of para-hydroxylation sites is 1. The Kier molecular flexibility index (Phi) is 7.29. The minimum absolute atomic E-state index is 0.0136. The first kappa shape index (κ1) is 21.6. The van der Waals surface area contributed by atoms with Gasteiger partial charge in [-0.05, 0) is 61.6 Å². The Morgan fingerprint density at radius 1 is 0.900 bits per heavy atom. The van der Waals surface area contributed by atoms with E-state index >= 15 is 0 Å². The van der Waals surface area contributed by atoms with Gasteiger partial charge in [0.25, 0.3) is 5.91 Å². The van der Waals surface area contributed by atoms with E-state index in [1.54, 1.807) is 0 Å². The Hall–Kier alpha value is -3.07. The lowest BCUT2D eigenvalue weighted by Gasteiger charge is -2.22. The second-order valence-corrected chi connectivity index (χ2v) is 8.38. The highest BCUT2D eigenvalue weighted by Gasteiger charge is 2.18. The van der Waals surface area contributed by atoms with Crippen LogP contribution in [-0.2, 0) is 6.61 Å². The molecular weight excluding hydrogens is 370 g/mol. The molecule has 156 valence electrons. The van der Waals surface area contributed by atoms with E-state index in [9.17, 15) is 4.79 Å². The molecule has 0 fully saturated rings. The van der Waals surface area contributed by atoms with Gasteiger partial charge in [-0.1, -0.05) is 73.5 Å². The molecule has 1 N–H and O–H groups in total. The number of nitrogens with one attached hydrogen (secondary N) is 1. The summed E-state index contributed by atoms with van der Waals surface area (Å²) in [5.74, 6) is 1.24. The average Bonchev–Trinajstić information content (AvgIpc) is 2.71. The number of benzene rings is 3. The van der Waals surface area contributed by atoms with Crippen molar-refractivity contribution in [2.24, 2.45) is 5.92 Å². The molecule has 0 heterocycles. The topological polar surface area (TPSA) is 38.3 Å². The smallest absolute Gasteiger partial charge is 0.251 e. The fourth-order valence-corrected chi connectivity index (χ4v) is 3.69. The van der Waals surface area contributed by atoms with Crippen molar-refractivity contribution in [2.45, 2.75) is 46.8 Å². The van der Waals surface area contributed by atoms with Crippen LogP contribution in [0.1, 0.15) is 58.9 Å². The SMILES string of the molecule is Cc1cc(C)cc(C(CC(C)C)NC(=O)c2cccc(COc3ccccc3)c2)c1. The van der Waals surface area contributed by atoms with Crippen LogP contribution in [0.15, 0.2) is 72.8 Å². The van der Waals surface area contributed by atoms with Crippen LogP contribution in [0.5, 0.6) is 5.75 Å². The minimum Gasteiger partial charge on any atom is -0.489 e. The summed E-state index contributed by atoms with van der Waals surface area (Å²) >= 11 is 0. The first-order valence-electron chi connectivity index (χ1n) is 10.6. The molecule has 3 aromatic carbocycles. The van der Waals surface area contributed by atoms with Gasteiger partial charge in [0.05, 0.1) is 6.04 Å². The zero-order valence-corrected chi connectivity index (χ0v) is 18.3. The molecule has 1 unspecified atom stereocenters. The molecule has 3 aromatic rings. The molecule has 1 amide bonds. The van der Waals surface area contributed by atoms with Gasteiger partial charge in [-0.3, -0.25) is 4.79 Å². The second kappa shape index (κ2) is 10.1. The van der Waals surface area contributed by atoms with Crippen LogP contribution < -0.4 is 10.1 Å². The van der Waals surface area contributed by atoms with E-state index < -0.39 is 0 Å². The molecular formula is C27H31NO2. The van der Waals surface area contributed by atoms with Crippen molar-refractivity contribution in [1.29, 1.82) is 0 Å². The molecule has 0 saturated heterocycles. The zero-order chi connectivity index (χ0) is 21.5. The molecule has 0 aliphatic heterocycles. The molecule has 1 atom stereocenters. The standard InChI is InChI=1S/C27H31NO2/c1-19(2)13-26(24-15-20(3)14-21(4)16-24)28-27(29)23-10-8-9-22(17-23)18-30-25-11-6-5-7-12-25/h5-12,14-17,19,26H,13,18H2,1-4H3,(H,28,29). The lowest BCUT2D eigenvalue weighted by Crippen LogP contribution is -2.29. The van der Waals surface area contributed by atoms with Crippen LogP contribution in [0.3, 0.4) is 0 Å². The summed E-state index contributed by atoms with van der Waals surface area (Å²) < 4.78 is 5.82. The van der Waals surface area contributed by atoms with Gasteiger partial charge >= 0.3 is 0 Å². The lowest BCUT2D eigenvalue weighted by atomic mass is 9.94.